The van der Waals surface area contributed by atoms with Crippen molar-refractivity contribution in [2.24, 2.45) is 5.73 Å². The number of benzene rings is 1. The Bertz CT molecular complexity index is 540. The summed E-state index contributed by atoms with van der Waals surface area (Å²) in [5, 5.41) is 0. The van der Waals surface area contributed by atoms with Crippen LogP contribution in [0, 0.1) is 0 Å². The summed E-state index contributed by atoms with van der Waals surface area (Å²) in [4.78, 5) is 1.11. The molecule has 1 aliphatic heterocycles. The minimum absolute atomic E-state index is 0.0452. The van der Waals surface area contributed by atoms with Crippen LogP contribution in [0.25, 0.3) is 0 Å². The molecule has 1 aromatic carbocycles. The monoisotopic (exact) mass is 265 g/mol. The molecule has 2 nitrogen and oxygen atoms in total. The molecule has 0 bridgehead atoms. The Morgan fingerprint density at radius 3 is 2.88 bits per heavy atom. The average Bonchev–Trinajstić information content (AvgIpc) is 2.94. The van der Waals surface area contributed by atoms with Gasteiger partial charge in [-0.15, -0.1) is 11.3 Å². The van der Waals surface area contributed by atoms with Gasteiger partial charge < -0.3 is 10.5 Å². The van der Waals surface area contributed by atoms with Crippen LogP contribution < -0.4 is 10.5 Å². The maximum Gasteiger partial charge on any atom is 0.122 e. The van der Waals surface area contributed by atoms with Gasteiger partial charge in [0.2, 0.25) is 0 Å². The summed E-state index contributed by atoms with van der Waals surface area (Å²) in [6.45, 7) is 0.649. The van der Waals surface area contributed by atoms with Crippen molar-refractivity contribution < 1.29 is 4.74 Å². The van der Waals surface area contributed by atoms with Crippen LogP contribution in [0.5, 0.6) is 5.75 Å². The highest BCUT2D eigenvalue weighted by atomic mass is 35.5. The second-order valence-electron chi connectivity index (χ2n) is 4.12. The molecule has 2 unspecified atom stereocenters. The molecule has 0 spiro atoms. The van der Waals surface area contributed by atoms with E-state index in [1.165, 1.54) is 5.56 Å². The molecule has 2 aromatic rings. The van der Waals surface area contributed by atoms with E-state index in [4.69, 9.17) is 22.1 Å². The fraction of sp³-hybridized carbons (Fsp3) is 0.231. The lowest BCUT2D eigenvalue weighted by molar-refractivity contribution is 0.316. The van der Waals surface area contributed by atoms with Crippen molar-refractivity contribution in [3.8, 4) is 5.75 Å². The van der Waals surface area contributed by atoms with Gasteiger partial charge in [-0.2, -0.15) is 0 Å². The zero-order valence-electron chi connectivity index (χ0n) is 9.10. The molecule has 0 amide bonds. The summed E-state index contributed by atoms with van der Waals surface area (Å²) >= 11 is 7.49. The summed E-state index contributed by atoms with van der Waals surface area (Å²) in [7, 11) is 0. The first-order valence-corrected chi connectivity index (χ1v) is 6.67. The standard InChI is InChI=1S/C13H12ClNOS/c14-12-6-5-11(17-12)13(15)9-7-16-10-4-2-1-3-8(9)10/h1-6,9,13H,7,15H2. The second kappa shape index (κ2) is 4.33. The van der Waals surface area contributed by atoms with Crippen molar-refractivity contribution in [2.75, 3.05) is 6.61 Å². The van der Waals surface area contributed by atoms with Crippen LogP contribution in [0.1, 0.15) is 22.4 Å². The Hall–Kier alpha value is -1.03. The Kier molecular flexibility index (Phi) is 2.82. The summed E-state index contributed by atoms with van der Waals surface area (Å²) in [6, 6.07) is 11.9. The number of ether oxygens (including phenoxy) is 1. The van der Waals surface area contributed by atoms with Gasteiger partial charge in [0.1, 0.15) is 5.75 Å². The molecule has 2 atom stereocenters. The van der Waals surface area contributed by atoms with Gasteiger partial charge in [0.25, 0.3) is 0 Å². The average molecular weight is 266 g/mol. The molecule has 3 rings (SSSR count). The van der Waals surface area contributed by atoms with Crippen LogP contribution in [0.4, 0.5) is 0 Å². The lowest BCUT2D eigenvalue weighted by Gasteiger charge is -2.16. The third kappa shape index (κ3) is 1.95. The fourth-order valence-electron chi connectivity index (χ4n) is 2.19. The van der Waals surface area contributed by atoms with Crippen LogP contribution in [-0.4, -0.2) is 6.61 Å². The second-order valence-corrected chi connectivity index (χ2v) is 5.87. The van der Waals surface area contributed by atoms with E-state index < -0.39 is 0 Å². The van der Waals surface area contributed by atoms with Crippen LogP contribution in [0.15, 0.2) is 36.4 Å². The number of rotatable bonds is 2. The highest BCUT2D eigenvalue weighted by Gasteiger charge is 2.30. The van der Waals surface area contributed by atoms with Crippen LogP contribution in [0.3, 0.4) is 0 Å². The van der Waals surface area contributed by atoms with Gasteiger partial charge in [-0.1, -0.05) is 29.8 Å². The maximum absolute atomic E-state index is 6.30. The number of thiophene rings is 1. The molecule has 0 radical (unpaired) electrons. The Balaban J connectivity index is 1.92. The van der Waals surface area contributed by atoms with Crippen LogP contribution >= 0.6 is 22.9 Å². The first kappa shape index (κ1) is 11.1. The van der Waals surface area contributed by atoms with E-state index in [0.29, 0.717) is 6.61 Å². The van der Waals surface area contributed by atoms with E-state index in [0.717, 1.165) is 15.0 Å². The summed E-state index contributed by atoms with van der Waals surface area (Å²) in [6.07, 6.45) is 0. The van der Waals surface area contributed by atoms with Crippen molar-refractivity contribution in [3.05, 3.63) is 51.2 Å². The molecule has 2 heterocycles. The number of hydrogen-bond donors (Lipinski definition) is 1. The zero-order valence-corrected chi connectivity index (χ0v) is 10.7. The largest absolute Gasteiger partial charge is 0.493 e. The van der Waals surface area contributed by atoms with Gasteiger partial charge in [0.15, 0.2) is 0 Å². The van der Waals surface area contributed by atoms with E-state index in [-0.39, 0.29) is 12.0 Å². The first-order chi connectivity index (χ1) is 8.25. The van der Waals surface area contributed by atoms with Gasteiger partial charge in [-0.3, -0.25) is 0 Å². The van der Waals surface area contributed by atoms with E-state index in [2.05, 4.69) is 6.07 Å². The molecule has 88 valence electrons. The van der Waals surface area contributed by atoms with E-state index in [1.807, 2.05) is 30.3 Å². The zero-order chi connectivity index (χ0) is 11.8. The van der Waals surface area contributed by atoms with Gasteiger partial charge in [-0.05, 0) is 18.2 Å². The lowest BCUT2D eigenvalue weighted by Crippen LogP contribution is -2.19. The van der Waals surface area contributed by atoms with Crippen molar-refractivity contribution in [3.63, 3.8) is 0 Å². The molecule has 0 aliphatic carbocycles. The third-order valence-electron chi connectivity index (χ3n) is 3.09. The van der Waals surface area contributed by atoms with Crippen molar-refractivity contribution >= 4 is 22.9 Å². The van der Waals surface area contributed by atoms with Crippen LogP contribution in [-0.2, 0) is 0 Å². The molecule has 1 aliphatic rings. The Labute approximate surface area is 109 Å². The minimum Gasteiger partial charge on any atom is -0.493 e. The van der Waals surface area contributed by atoms with Gasteiger partial charge in [-0.25, -0.2) is 0 Å². The quantitative estimate of drug-likeness (QED) is 0.901. The molecule has 1 aromatic heterocycles. The molecular weight excluding hydrogens is 254 g/mol. The van der Waals surface area contributed by atoms with Gasteiger partial charge >= 0.3 is 0 Å². The molecule has 4 heteroatoms. The molecule has 0 saturated heterocycles. The van der Waals surface area contributed by atoms with Crippen molar-refractivity contribution in [1.82, 2.24) is 0 Å². The predicted octanol–water partition coefficient (Wildman–Crippen LogP) is 3.58. The molecule has 17 heavy (non-hydrogen) atoms. The summed E-state index contributed by atoms with van der Waals surface area (Å²) < 4.78 is 6.43. The highest BCUT2D eigenvalue weighted by molar-refractivity contribution is 7.16. The van der Waals surface area contributed by atoms with Crippen LogP contribution in [0.2, 0.25) is 4.34 Å². The number of nitrogens with two attached hydrogens (primary N) is 1. The van der Waals surface area contributed by atoms with E-state index in [9.17, 15) is 0 Å². The topological polar surface area (TPSA) is 35.2 Å². The van der Waals surface area contributed by atoms with E-state index in [1.54, 1.807) is 11.3 Å². The SMILES string of the molecule is NC(c1ccc(Cl)s1)C1COc2ccccc21. The Morgan fingerprint density at radius 1 is 1.29 bits per heavy atom. The number of hydrogen-bond acceptors (Lipinski definition) is 3. The van der Waals surface area contributed by atoms with Gasteiger partial charge in [0, 0.05) is 22.4 Å². The fourth-order valence-corrected chi connectivity index (χ4v) is 3.32. The minimum atomic E-state index is -0.0452. The maximum atomic E-state index is 6.30. The summed E-state index contributed by atoms with van der Waals surface area (Å²) in [5.74, 6) is 1.18. The Morgan fingerprint density at radius 2 is 2.12 bits per heavy atom. The normalized spacial score (nSPS) is 19.8. The number of para-hydroxylation sites is 1. The van der Waals surface area contributed by atoms with Crippen molar-refractivity contribution in [1.29, 1.82) is 0 Å². The van der Waals surface area contributed by atoms with Crippen molar-refractivity contribution in [2.45, 2.75) is 12.0 Å². The molecule has 2 N–H and O–H groups in total. The molecule has 0 fully saturated rings. The summed E-state index contributed by atoms with van der Waals surface area (Å²) in [5.41, 5.74) is 7.50. The first-order valence-electron chi connectivity index (χ1n) is 5.48. The number of halogens is 1. The number of fused-ring (bicyclic) bond motifs is 1. The third-order valence-corrected chi connectivity index (χ3v) is 4.43. The smallest absolute Gasteiger partial charge is 0.122 e. The highest BCUT2D eigenvalue weighted by Crippen LogP contribution is 2.41. The predicted molar refractivity (Wildman–Crippen MR) is 70.9 cm³/mol. The molecule has 0 saturated carbocycles. The molecular formula is C13H12ClNOS. The van der Waals surface area contributed by atoms with Gasteiger partial charge in [0.05, 0.1) is 10.9 Å². The lowest BCUT2D eigenvalue weighted by atomic mass is 9.93. The van der Waals surface area contributed by atoms with E-state index >= 15 is 0 Å².